The summed E-state index contributed by atoms with van der Waals surface area (Å²) in [6, 6.07) is 15.5. The summed E-state index contributed by atoms with van der Waals surface area (Å²) in [6.45, 7) is 1.29. The highest BCUT2D eigenvalue weighted by Crippen LogP contribution is 2.30. The van der Waals surface area contributed by atoms with Crippen LogP contribution in [0.25, 0.3) is 10.9 Å². The van der Waals surface area contributed by atoms with E-state index in [2.05, 4.69) is 16.4 Å². The number of carbonyl (C=O) groups is 1. The Labute approximate surface area is 140 Å². The van der Waals surface area contributed by atoms with Gasteiger partial charge in [-0.2, -0.15) is 0 Å². The van der Waals surface area contributed by atoms with Crippen LogP contribution in [0.2, 0.25) is 0 Å². The third-order valence-corrected chi connectivity index (χ3v) is 4.49. The third kappa shape index (κ3) is 2.58. The van der Waals surface area contributed by atoms with Crippen molar-refractivity contribution in [2.75, 3.05) is 19.0 Å². The molecule has 5 nitrogen and oxygen atoms in total. The highest BCUT2D eigenvalue weighted by Gasteiger charge is 2.24. The number of urea groups is 1. The number of anilines is 1. The molecule has 0 radical (unpaired) electrons. The monoisotopic (exact) mass is 321 g/mol. The van der Waals surface area contributed by atoms with Crippen molar-refractivity contribution in [3.8, 4) is 5.75 Å². The maximum atomic E-state index is 12.5. The first-order valence-electron chi connectivity index (χ1n) is 8.03. The van der Waals surface area contributed by atoms with Gasteiger partial charge in [-0.3, -0.25) is 0 Å². The minimum atomic E-state index is -0.0666. The highest BCUT2D eigenvalue weighted by atomic mass is 16.5. The fourth-order valence-corrected chi connectivity index (χ4v) is 3.24. The number of H-pyrrole nitrogens is 1. The van der Waals surface area contributed by atoms with E-state index < -0.39 is 0 Å². The van der Waals surface area contributed by atoms with Crippen LogP contribution in [0.3, 0.4) is 0 Å². The van der Waals surface area contributed by atoms with Crippen LogP contribution in [0, 0.1) is 0 Å². The molecule has 1 aliphatic rings. The molecule has 0 unspecified atom stereocenters. The van der Waals surface area contributed by atoms with E-state index in [4.69, 9.17) is 4.74 Å². The molecule has 0 saturated heterocycles. The van der Waals surface area contributed by atoms with E-state index in [1.165, 1.54) is 10.9 Å². The molecule has 2 amide bonds. The van der Waals surface area contributed by atoms with Gasteiger partial charge in [0.25, 0.3) is 0 Å². The van der Waals surface area contributed by atoms with Gasteiger partial charge < -0.3 is 19.9 Å². The number of fused-ring (bicyclic) bond motifs is 3. The zero-order valence-electron chi connectivity index (χ0n) is 13.5. The normalized spacial score (nSPS) is 13.6. The average molecular weight is 321 g/mol. The standard InChI is InChI=1S/C19H19N3O2/c1-24-14-7-8-17-16(11-14)15-9-10-22(12-18(15)21-17)19(23)20-13-5-3-2-4-6-13/h2-8,11,21H,9-10,12H2,1H3,(H,20,23). The molecule has 2 N–H and O–H groups in total. The van der Waals surface area contributed by atoms with Gasteiger partial charge in [-0.25, -0.2) is 4.79 Å². The number of rotatable bonds is 2. The van der Waals surface area contributed by atoms with Crippen LogP contribution in [0.5, 0.6) is 5.75 Å². The number of hydrogen-bond acceptors (Lipinski definition) is 2. The molecule has 122 valence electrons. The fourth-order valence-electron chi connectivity index (χ4n) is 3.24. The molecule has 0 fully saturated rings. The predicted octanol–water partition coefficient (Wildman–Crippen LogP) is 3.77. The highest BCUT2D eigenvalue weighted by molar-refractivity contribution is 5.90. The lowest BCUT2D eigenvalue weighted by Gasteiger charge is -2.27. The van der Waals surface area contributed by atoms with E-state index in [9.17, 15) is 4.79 Å². The number of benzene rings is 2. The van der Waals surface area contributed by atoms with Gasteiger partial charge in [0.15, 0.2) is 0 Å². The van der Waals surface area contributed by atoms with Crippen molar-refractivity contribution in [2.24, 2.45) is 0 Å². The number of amides is 2. The largest absolute Gasteiger partial charge is 0.497 e. The van der Waals surface area contributed by atoms with E-state index >= 15 is 0 Å². The van der Waals surface area contributed by atoms with Gasteiger partial charge >= 0.3 is 6.03 Å². The summed E-state index contributed by atoms with van der Waals surface area (Å²) in [5, 5.41) is 4.14. The van der Waals surface area contributed by atoms with E-state index in [-0.39, 0.29) is 6.03 Å². The molecule has 2 heterocycles. The number of hydrogen-bond donors (Lipinski definition) is 2. The van der Waals surface area contributed by atoms with Crippen molar-refractivity contribution in [3.63, 3.8) is 0 Å². The Kier molecular flexibility index (Phi) is 3.61. The molecule has 0 atom stereocenters. The van der Waals surface area contributed by atoms with Crippen LogP contribution in [0.15, 0.2) is 48.5 Å². The quantitative estimate of drug-likeness (QED) is 0.755. The number of nitrogens with one attached hydrogen (secondary N) is 2. The molecule has 2 aromatic carbocycles. The smallest absolute Gasteiger partial charge is 0.322 e. The van der Waals surface area contributed by atoms with Gasteiger partial charge in [0.1, 0.15) is 5.75 Å². The lowest BCUT2D eigenvalue weighted by atomic mass is 10.0. The van der Waals surface area contributed by atoms with E-state index in [1.54, 1.807) is 7.11 Å². The van der Waals surface area contributed by atoms with Gasteiger partial charge in [0.05, 0.1) is 13.7 Å². The third-order valence-electron chi connectivity index (χ3n) is 4.49. The zero-order valence-corrected chi connectivity index (χ0v) is 13.5. The van der Waals surface area contributed by atoms with E-state index in [0.717, 1.165) is 29.1 Å². The number of methoxy groups -OCH3 is 1. The lowest BCUT2D eigenvalue weighted by Crippen LogP contribution is -2.38. The molecule has 3 aromatic rings. The first-order valence-corrected chi connectivity index (χ1v) is 8.03. The summed E-state index contributed by atoms with van der Waals surface area (Å²) in [4.78, 5) is 17.7. The summed E-state index contributed by atoms with van der Waals surface area (Å²) >= 11 is 0. The molecule has 1 aromatic heterocycles. The zero-order chi connectivity index (χ0) is 16.5. The van der Waals surface area contributed by atoms with E-state index in [1.807, 2.05) is 47.4 Å². The molecular formula is C19H19N3O2. The maximum absolute atomic E-state index is 12.5. The molecular weight excluding hydrogens is 302 g/mol. The summed E-state index contributed by atoms with van der Waals surface area (Å²) in [5.41, 5.74) is 4.29. The summed E-state index contributed by atoms with van der Waals surface area (Å²) < 4.78 is 5.32. The Morgan fingerprint density at radius 1 is 1.21 bits per heavy atom. The van der Waals surface area contributed by atoms with Crippen LogP contribution in [0.1, 0.15) is 11.3 Å². The van der Waals surface area contributed by atoms with Crippen LogP contribution in [0.4, 0.5) is 10.5 Å². The number of aromatic amines is 1. The van der Waals surface area contributed by atoms with Gasteiger partial charge in [-0.15, -0.1) is 0 Å². The number of nitrogens with zero attached hydrogens (tertiary/aromatic N) is 1. The maximum Gasteiger partial charge on any atom is 0.322 e. The average Bonchev–Trinajstić information content (AvgIpc) is 2.99. The molecule has 1 aliphatic heterocycles. The second-order valence-corrected chi connectivity index (χ2v) is 5.96. The van der Waals surface area contributed by atoms with Gasteiger partial charge in [-0.05, 0) is 42.3 Å². The molecule has 4 rings (SSSR count). The van der Waals surface area contributed by atoms with Crippen molar-refractivity contribution in [2.45, 2.75) is 13.0 Å². The Balaban J connectivity index is 1.56. The minimum Gasteiger partial charge on any atom is -0.497 e. The number of ether oxygens (including phenoxy) is 1. The molecule has 0 spiro atoms. The topological polar surface area (TPSA) is 57.4 Å². The summed E-state index contributed by atoms with van der Waals surface area (Å²) in [5.74, 6) is 0.855. The van der Waals surface area contributed by atoms with Crippen LogP contribution in [-0.4, -0.2) is 29.6 Å². The summed E-state index contributed by atoms with van der Waals surface area (Å²) in [6.07, 6.45) is 0.838. The van der Waals surface area contributed by atoms with Crippen molar-refractivity contribution in [3.05, 3.63) is 59.8 Å². The van der Waals surface area contributed by atoms with Crippen LogP contribution in [-0.2, 0) is 13.0 Å². The summed E-state index contributed by atoms with van der Waals surface area (Å²) in [7, 11) is 1.68. The van der Waals surface area contributed by atoms with Crippen LogP contribution >= 0.6 is 0 Å². The van der Waals surface area contributed by atoms with Crippen molar-refractivity contribution in [1.29, 1.82) is 0 Å². The van der Waals surface area contributed by atoms with Gasteiger partial charge in [0, 0.05) is 28.8 Å². The number of carbonyl (C=O) groups excluding carboxylic acids is 1. The Bertz CT molecular complexity index is 886. The second-order valence-electron chi connectivity index (χ2n) is 5.96. The van der Waals surface area contributed by atoms with Crippen molar-refractivity contribution in [1.82, 2.24) is 9.88 Å². The first kappa shape index (κ1) is 14.6. The molecule has 24 heavy (non-hydrogen) atoms. The lowest BCUT2D eigenvalue weighted by molar-refractivity contribution is 0.206. The molecule has 0 aliphatic carbocycles. The predicted molar refractivity (Wildman–Crippen MR) is 94.4 cm³/mol. The Morgan fingerprint density at radius 3 is 2.83 bits per heavy atom. The van der Waals surface area contributed by atoms with Gasteiger partial charge in [0.2, 0.25) is 0 Å². The minimum absolute atomic E-state index is 0.0666. The molecule has 0 saturated carbocycles. The number of para-hydroxylation sites is 1. The second kappa shape index (κ2) is 5.92. The first-order chi connectivity index (χ1) is 11.7. The van der Waals surface area contributed by atoms with E-state index in [0.29, 0.717) is 13.1 Å². The van der Waals surface area contributed by atoms with Crippen molar-refractivity contribution < 1.29 is 9.53 Å². The molecule has 5 heteroatoms. The Morgan fingerprint density at radius 2 is 2.04 bits per heavy atom. The van der Waals surface area contributed by atoms with Crippen LogP contribution < -0.4 is 10.1 Å². The Hall–Kier alpha value is -2.95. The molecule has 0 bridgehead atoms. The number of aromatic nitrogens is 1. The SMILES string of the molecule is COc1ccc2[nH]c3c(c2c1)CCN(C(=O)Nc1ccccc1)C3. The fraction of sp³-hybridized carbons (Fsp3) is 0.211. The van der Waals surface area contributed by atoms with Crippen molar-refractivity contribution >= 4 is 22.6 Å². The van der Waals surface area contributed by atoms with Gasteiger partial charge in [-0.1, -0.05) is 18.2 Å².